The van der Waals surface area contributed by atoms with Crippen molar-refractivity contribution in [2.24, 2.45) is 0 Å². The predicted octanol–water partition coefficient (Wildman–Crippen LogP) is 4.93. The first kappa shape index (κ1) is 20.6. The lowest BCUT2D eigenvalue weighted by molar-refractivity contribution is -0.0297. The Morgan fingerprint density at radius 3 is 1.61 bits per heavy atom. The summed E-state index contributed by atoms with van der Waals surface area (Å²) in [4.78, 5) is 4.20. The zero-order chi connectivity index (χ0) is 21.6. The maximum absolute atomic E-state index is 10.7. The molecule has 4 rings (SSSR count). The fourth-order valence-electron chi connectivity index (χ4n) is 4.43. The summed E-state index contributed by atoms with van der Waals surface area (Å²) in [6, 6.07) is 30.5. The van der Waals surface area contributed by atoms with Crippen molar-refractivity contribution < 1.29 is 5.11 Å². The van der Waals surface area contributed by atoms with Gasteiger partial charge in [0.2, 0.25) is 0 Å². The van der Waals surface area contributed by atoms with Gasteiger partial charge in [-0.1, -0.05) is 78.9 Å². The van der Waals surface area contributed by atoms with Gasteiger partial charge in [-0.25, -0.2) is 0 Å². The van der Waals surface area contributed by atoms with E-state index in [9.17, 15) is 15.6 Å². The Labute approximate surface area is 183 Å². The van der Waals surface area contributed by atoms with E-state index in [4.69, 9.17) is 0 Å². The number of hydrogen-bond acceptors (Lipinski definition) is 5. The molecule has 31 heavy (non-hydrogen) atoms. The predicted molar refractivity (Wildman–Crippen MR) is 118 cm³/mol. The third-order valence-electron chi connectivity index (χ3n) is 5.81. The van der Waals surface area contributed by atoms with Crippen LogP contribution in [0.5, 0.6) is 5.75 Å². The first-order valence-corrected chi connectivity index (χ1v) is 10.4. The summed E-state index contributed by atoms with van der Waals surface area (Å²) in [6.45, 7) is 1.38. The quantitative estimate of drug-likeness (QED) is 0.648. The number of hydrogen-bond donors (Lipinski definition) is 1. The van der Waals surface area contributed by atoms with E-state index in [0.29, 0.717) is 18.7 Å². The SMILES string of the molecule is N#CC(c1ccccc1)N1CCCN(C(C#N)c2ccccc2)C1c1ccccc1O. The van der Waals surface area contributed by atoms with Gasteiger partial charge in [-0.05, 0) is 23.6 Å². The van der Waals surface area contributed by atoms with E-state index in [1.807, 2.05) is 72.8 Å². The van der Waals surface area contributed by atoms with Gasteiger partial charge in [-0.3, -0.25) is 9.80 Å². The molecule has 5 heteroatoms. The maximum Gasteiger partial charge on any atom is 0.125 e. The molecule has 0 aliphatic carbocycles. The van der Waals surface area contributed by atoms with Crippen LogP contribution < -0.4 is 0 Å². The molecule has 1 aliphatic heterocycles. The first-order valence-electron chi connectivity index (χ1n) is 10.4. The Kier molecular flexibility index (Phi) is 6.29. The molecule has 1 N–H and O–H groups in total. The molecule has 2 atom stereocenters. The van der Waals surface area contributed by atoms with Crippen molar-refractivity contribution in [2.45, 2.75) is 24.7 Å². The second-order valence-corrected chi connectivity index (χ2v) is 7.65. The van der Waals surface area contributed by atoms with Gasteiger partial charge in [0, 0.05) is 18.7 Å². The van der Waals surface area contributed by atoms with E-state index < -0.39 is 18.2 Å². The molecule has 0 radical (unpaired) electrons. The smallest absolute Gasteiger partial charge is 0.125 e. The maximum atomic E-state index is 10.7. The Morgan fingerprint density at radius 2 is 1.16 bits per heavy atom. The van der Waals surface area contributed by atoms with Crippen molar-refractivity contribution >= 4 is 0 Å². The van der Waals surface area contributed by atoms with Crippen LogP contribution in [-0.4, -0.2) is 28.0 Å². The zero-order valence-corrected chi connectivity index (χ0v) is 17.2. The molecule has 0 amide bonds. The zero-order valence-electron chi connectivity index (χ0n) is 17.2. The monoisotopic (exact) mass is 408 g/mol. The number of rotatable bonds is 5. The number of aromatic hydroxyl groups is 1. The Hall–Kier alpha value is -3.64. The second-order valence-electron chi connectivity index (χ2n) is 7.65. The summed E-state index contributed by atoms with van der Waals surface area (Å²) in [5.41, 5.74) is 2.51. The summed E-state index contributed by atoms with van der Waals surface area (Å²) in [5.74, 6) is 0.166. The second kappa shape index (κ2) is 9.45. The normalized spacial score (nSPS) is 19.1. The van der Waals surface area contributed by atoms with Gasteiger partial charge < -0.3 is 5.11 Å². The molecule has 1 heterocycles. The van der Waals surface area contributed by atoms with Crippen LogP contribution in [0, 0.1) is 22.7 Å². The summed E-state index contributed by atoms with van der Waals surface area (Å²) in [6.07, 6.45) is 0.407. The summed E-state index contributed by atoms with van der Waals surface area (Å²) in [5, 5.41) is 31.0. The van der Waals surface area contributed by atoms with E-state index in [2.05, 4.69) is 21.9 Å². The highest BCUT2D eigenvalue weighted by Gasteiger charge is 2.40. The minimum atomic E-state index is -0.497. The molecule has 3 aromatic rings. The Bertz CT molecular complexity index is 1020. The number of phenols is 1. The van der Waals surface area contributed by atoms with Crippen molar-refractivity contribution in [1.29, 1.82) is 10.5 Å². The van der Waals surface area contributed by atoms with E-state index in [-0.39, 0.29) is 5.75 Å². The standard InChI is InChI=1S/C26H24N4O/c27-18-23(20-10-3-1-4-11-20)29-16-9-17-30(24(19-28)21-12-5-2-6-13-21)26(29)22-14-7-8-15-25(22)31/h1-8,10-15,23-24,26,31H,9,16-17H2. The van der Waals surface area contributed by atoms with Crippen LogP contribution in [0.3, 0.4) is 0 Å². The van der Waals surface area contributed by atoms with Gasteiger partial charge in [0.15, 0.2) is 0 Å². The third kappa shape index (κ3) is 4.15. The molecule has 2 unspecified atom stereocenters. The highest BCUT2D eigenvalue weighted by Crippen LogP contribution is 2.42. The number of nitrogens with zero attached hydrogens (tertiary/aromatic N) is 4. The molecule has 0 aromatic heterocycles. The van der Waals surface area contributed by atoms with Crippen molar-refractivity contribution in [3.8, 4) is 17.9 Å². The van der Waals surface area contributed by atoms with Crippen LogP contribution in [0.1, 0.15) is 41.4 Å². The molecule has 1 saturated heterocycles. The van der Waals surface area contributed by atoms with Crippen molar-refractivity contribution in [3.63, 3.8) is 0 Å². The molecular formula is C26H24N4O. The number of nitriles is 2. The van der Waals surface area contributed by atoms with Crippen molar-refractivity contribution in [1.82, 2.24) is 9.80 Å². The lowest BCUT2D eigenvalue weighted by Crippen LogP contribution is -2.49. The van der Waals surface area contributed by atoms with Gasteiger partial charge >= 0.3 is 0 Å². The summed E-state index contributed by atoms with van der Waals surface area (Å²) >= 11 is 0. The van der Waals surface area contributed by atoms with E-state index in [0.717, 1.165) is 17.5 Å². The van der Waals surface area contributed by atoms with Crippen LogP contribution in [0.2, 0.25) is 0 Å². The number of benzene rings is 3. The first-order chi connectivity index (χ1) is 15.2. The lowest BCUT2D eigenvalue weighted by Gasteiger charge is -2.47. The van der Waals surface area contributed by atoms with Gasteiger partial charge in [-0.15, -0.1) is 0 Å². The van der Waals surface area contributed by atoms with Gasteiger partial charge in [0.25, 0.3) is 0 Å². The highest BCUT2D eigenvalue weighted by atomic mass is 16.3. The molecule has 0 spiro atoms. The van der Waals surface area contributed by atoms with Gasteiger partial charge in [0.05, 0.1) is 18.3 Å². The summed E-state index contributed by atoms with van der Waals surface area (Å²) < 4.78 is 0. The average molecular weight is 409 g/mol. The molecule has 1 aliphatic rings. The Morgan fingerprint density at radius 1 is 0.710 bits per heavy atom. The Balaban J connectivity index is 1.82. The van der Waals surface area contributed by atoms with Gasteiger partial charge in [0.1, 0.15) is 17.8 Å². The molecule has 0 saturated carbocycles. The minimum Gasteiger partial charge on any atom is -0.508 e. The number of phenolic OH excluding ortho intramolecular Hbond substituents is 1. The van der Waals surface area contributed by atoms with Crippen LogP contribution in [0.15, 0.2) is 84.9 Å². The van der Waals surface area contributed by atoms with E-state index >= 15 is 0 Å². The molecule has 3 aromatic carbocycles. The molecule has 5 nitrogen and oxygen atoms in total. The van der Waals surface area contributed by atoms with Crippen molar-refractivity contribution in [2.75, 3.05) is 13.1 Å². The number of para-hydroxylation sites is 1. The third-order valence-corrected chi connectivity index (χ3v) is 5.81. The molecule has 1 fully saturated rings. The van der Waals surface area contributed by atoms with Crippen LogP contribution in [-0.2, 0) is 0 Å². The van der Waals surface area contributed by atoms with Crippen LogP contribution in [0.25, 0.3) is 0 Å². The fourth-order valence-corrected chi connectivity index (χ4v) is 4.43. The van der Waals surface area contributed by atoms with Crippen molar-refractivity contribution in [3.05, 3.63) is 102 Å². The topological polar surface area (TPSA) is 74.3 Å². The fraction of sp³-hybridized carbons (Fsp3) is 0.231. The van der Waals surface area contributed by atoms with Gasteiger partial charge in [-0.2, -0.15) is 10.5 Å². The van der Waals surface area contributed by atoms with Crippen LogP contribution >= 0.6 is 0 Å². The van der Waals surface area contributed by atoms with Crippen LogP contribution in [0.4, 0.5) is 0 Å². The van der Waals surface area contributed by atoms with E-state index in [1.54, 1.807) is 12.1 Å². The summed E-state index contributed by atoms with van der Waals surface area (Å²) in [7, 11) is 0. The molecule has 0 bridgehead atoms. The minimum absolute atomic E-state index is 0.166. The highest BCUT2D eigenvalue weighted by molar-refractivity contribution is 5.37. The average Bonchev–Trinajstić information content (AvgIpc) is 2.82. The van der Waals surface area contributed by atoms with E-state index in [1.165, 1.54) is 0 Å². The lowest BCUT2D eigenvalue weighted by atomic mass is 9.96. The molecule has 154 valence electrons. The largest absolute Gasteiger partial charge is 0.508 e. The molecular weight excluding hydrogens is 384 g/mol.